The zero-order valence-electron chi connectivity index (χ0n) is 17.4. The number of ether oxygens (including phenoxy) is 2. The molecule has 12 heteroatoms. The molecular weight excluding hydrogens is 453 g/mol. The Bertz CT molecular complexity index is 1410. The number of fused-ring (bicyclic) bond motifs is 2. The first-order valence-corrected chi connectivity index (χ1v) is 9.87. The third-order valence-electron chi connectivity index (χ3n) is 4.73. The van der Waals surface area contributed by atoms with Crippen LogP contribution in [0.4, 0.5) is 0 Å². The van der Waals surface area contributed by atoms with Crippen LogP contribution in [0.2, 0.25) is 5.02 Å². The molecule has 0 unspecified atom stereocenters. The van der Waals surface area contributed by atoms with Gasteiger partial charge >= 0.3 is 0 Å². The van der Waals surface area contributed by atoms with Crippen LogP contribution in [0.1, 0.15) is 20.7 Å². The molecule has 0 saturated carbocycles. The molecule has 5 N–H and O–H groups in total. The number of aliphatic hydroxyl groups is 2. The highest BCUT2D eigenvalue weighted by Crippen LogP contribution is 2.38. The monoisotopic (exact) mass is 469 g/mol. The molecule has 0 aliphatic rings. The van der Waals surface area contributed by atoms with Crippen molar-refractivity contribution in [3.8, 4) is 17.2 Å². The first kappa shape index (κ1) is 22.4. The van der Waals surface area contributed by atoms with E-state index in [1.807, 2.05) is 5.32 Å². The molecule has 4 rings (SSSR count). The van der Waals surface area contributed by atoms with E-state index in [9.17, 15) is 19.8 Å². The van der Waals surface area contributed by atoms with Gasteiger partial charge in [0.15, 0.2) is 5.81 Å². The van der Waals surface area contributed by atoms with Gasteiger partial charge in [-0.15, -0.1) is 0 Å². The lowest BCUT2D eigenvalue weighted by atomic mass is 10.0. The Morgan fingerprint density at radius 2 is 1.91 bits per heavy atom. The van der Waals surface area contributed by atoms with E-state index in [2.05, 4.69) is 4.98 Å². The molecule has 2 aromatic carbocycles. The van der Waals surface area contributed by atoms with Crippen LogP contribution in [0.3, 0.4) is 0 Å². The van der Waals surface area contributed by atoms with E-state index in [1.165, 1.54) is 37.8 Å². The minimum Gasteiger partial charge on any atom is -0.496 e. The second-order valence-electron chi connectivity index (χ2n) is 7.25. The summed E-state index contributed by atoms with van der Waals surface area (Å²) >= 11 is 6.39. The number of carbonyl (C=O) groups excluding carboxylic acids is 2. The van der Waals surface area contributed by atoms with E-state index in [0.717, 1.165) is 7.85 Å². The summed E-state index contributed by atoms with van der Waals surface area (Å²) in [6, 6.07) is 7.61. The second kappa shape index (κ2) is 8.28. The van der Waals surface area contributed by atoms with Gasteiger partial charge in [-0.05, 0) is 18.2 Å². The standard InChI is InChI=1S/C21H17BClN3O7/c1-31-16-6-14-10(4-11(16)19(24)27)15(2-3-25-14)33-18-7-17-9(5-13(18)23)12(8-32-17)20(28)26-21(22,29)30/h2-8,29-30H,22H2,1H3,(H2,24,27)(H,26,28). The number of amides is 2. The van der Waals surface area contributed by atoms with Crippen molar-refractivity contribution in [3.63, 3.8) is 0 Å². The van der Waals surface area contributed by atoms with Gasteiger partial charge in [0.05, 0.1) is 28.8 Å². The number of hydrogen-bond acceptors (Lipinski definition) is 8. The molecule has 0 bridgehead atoms. The maximum absolute atomic E-state index is 12.3. The smallest absolute Gasteiger partial charge is 0.258 e. The summed E-state index contributed by atoms with van der Waals surface area (Å²) in [6.45, 7) is 0. The van der Waals surface area contributed by atoms with E-state index >= 15 is 0 Å². The molecule has 33 heavy (non-hydrogen) atoms. The Balaban J connectivity index is 1.75. The molecular formula is C21H17BClN3O7. The topological polar surface area (TPSA) is 157 Å². The molecule has 0 atom stereocenters. The zero-order valence-corrected chi connectivity index (χ0v) is 18.1. The number of benzene rings is 2. The molecule has 168 valence electrons. The highest BCUT2D eigenvalue weighted by atomic mass is 35.5. The quantitative estimate of drug-likeness (QED) is 0.244. The number of nitrogens with one attached hydrogen (secondary N) is 1. The van der Waals surface area contributed by atoms with Crippen molar-refractivity contribution in [1.29, 1.82) is 0 Å². The number of hydrogen-bond donors (Lipinski definition) is 4. The van der Waals surface area contributed by atoms with Crippen LogP contribution in [0.5, 0.6) is 17.2 Å². The Labute approximate surface area is 192 Å². The number of primary amides is 1. The van der Waals surface area contributed by atoms with Gasteiger partial charge in [0.1, 0.15) is 29.1 Å². The number of furan rings is 1. The first-order valence-electron chi connectivity index (χ1n) is 9.50. The molecule has 0 aliphatic heterocycles. The van der Waals surface area contributed by atoms with Crippen molar-refractivity contribution in [1.82, 2.24) is 10.3 Å². The second-order valence-corrected chi connectivity index (χ2v) is 7.66. The van der Waals surface area contributed by atoms with Crippen molar-refractivity contribution in [2.24, 2.45) is 5.73 Å². The van der Waals surface area contributed by atoms with Gasteiger partial charge in [-0.2, -0.15) is 0 Å². The van der Waals surface area contributed by atoms with E-state index in [4.69, 9.17) is 31.2 Å². The lowest BCUT2D eigenvalue weighted by molar-refractivity contribution is -0.102. The van der Waals surface area contributed by atoms with Gasteiger partial charge < -0.3 is 35.2 Å². The van der Waals surface area contributed by atoms with Crippen LogP contribution < -0.4 is 20.5 Å². The fourth-order valence-corrected chi connectivity index (χ4v) is 3.48. The maximum Gasteiger partial charge on any atom is 0.258 e. The van der Waals surface area contributed by atoms with Crippen molar-refractivity contribution in [2.45, 2.75) is 5.81 Å². The zero-order chi connectivity index (χ0) is 23.9. The molecule has 10 nitrogen and oxygen atoms in total. The van der Waals surface area contributed by atoms with Crippen molar-refractivity contribution in [3.05, 3.63) is 58.9 Å². The Kier molecular flexibility index (Phi) is 5.62. The number of pyridine rings is 1. The average molecular weight is 470 g/mol. The molecule has 0 aliphatic carbocycles. The van der Waals surface area contributed by atoms with Gasteiger partial charge in [0, 0.05) is 29.1 Å². The minimum atomic E-state index is -2.40. The van der Waals surface area contributed by atoms with Crippen LogP contribution in [-0.4, -0.2) is 47.8 Å². The Morgan fingerprint density at radius 3 is 2.58 bits per heavy atom. The molecule has 0 spiro atoms. The Morgan fingerprint density at radius 1 is 1.15 bits per heavy atom. The normalized spacial score (nSPS) is 11.5. The van der Waals surface area contributed by atoms with Gasteiger partial charge in [0.2, 0.25) is 7.85 Å². The van der Waals surface area contributed by atoms with Crippen LogP contribution in [0.25, 0.3) is 21.9 Å². The summed E-state index contributed by atoms with van der Waals surface area (Å²) in [5.74, 6) is -3.01. The highest BCUT2D eigenvalue weighted by molar-refractivity contribution is 6.33. The van der Waals surface area contributed by atoms with E-state index < -0.39 is 17.6 Å². The molecule has 0 saturated heterocycles. The predicted octanol–water partition coefficient (Wildman–Crippen LogP) is 1.49. The fraction of sp³-hybridized carbons (Fsp3) is 0.0952. The highest BCUT2D eigenvalue weighted by Gasteiger charge is 2.23. The van der Waals surface area contributed by atoms with Crippen LogP contribution in [0.15, 0.2) is 47.2 Å². The summed E-state index contributed by atoms with van der Waals surface area (Å²) in [5, 5.41) is 21.8. The number of halogens is 1. The van der Waals surface area contributed by atoms with Crippen LogP contribution >= 0.6 is 11.6 Å². The molecule has 4 aromatic rings. The van der Waals surface area contributed by atoms with Gasteiger partial charge in [-0.25, -0.2) is 0 Å². The Hall–Kier alpha value is -3.80. The van der Waals surface area contributed by atoms with Crippen molar-refractivity contribution < 1.29 is 33.7 Å². The number of nitrogens with two attached hydrogens (primary N) is 1. The first-order chi connectivity index (χ1) is 15.6. The van der Waals surface area contributed by atoms with Gasteiger partial charge in [-0.3, -0.25) is 14.6 Å². The summed E-state index contributed by atoms with van der Waals surface area (Å²) in [4.78, 5) is 28.4. The number of nitrogens with zero attached hydrogens (tertiary/aromatic N) is 1. The molecule has 0 fully saturated rings. The number of methoxy groups -OCH3 is 1. The van der Waals surface area contributed by atoms with Crippen LogP contribution in [-0.2, 0) is 0 Å². The number of rotatable bonds is 6. The lowest BCUT2D eigenvalue weighted by Gasteiger charge is -2.17. The van der Waals surface area contributed by atoms with E-state index in [1.54, 1.807) is 12.1 Å². The third-order valence-corrected chi connectivity index (χ3v) is 5.03. The molecule has 0 radical (unpaired) electrons. The number of aromatic nitrogens is 1. The van der Waals surface area contributed by atoms with Crippen LogP contribution in [0, 0.1) is 0 Å². The minimum absolute atomic E-state index is 0.0559. The van der Waals surface area contributed by atoms with Crippen molar-refractivity contribution in [2.75, 3.05) is 7.11 Å². The summed E-state index contributed by atoms with van der Waals surface area (Å²) < 4.78 is 16.6. The van der Waals surface area contributed by atoms with Crippen molar-refractivity contribution >= 4 is 53.1 Å². The van der Waals surface area contributed by atoms with E-state index in [0.29, 0.717) is 22.0 Å². The molecule has 2 heterocycles. The maximum atomic E-state index is 12.3. The average Bonchev–Trinajstić information content (AvgIpc) is 3.14. The largest absolute Gasteiger partial charge is 0.496 e. The van der Waals surface area contributed by atoms with Gasteiger partial charge in [0.25, 0.3) is 11.8 Å². The summed E-state index contributed by atoms with van der Waals surface area (Å²) in [7, 11) is 2.42. The third kappa shape index (κ3) is 4.42. The number of carbonyl (C=O) groups is 2. The predicted molar refractivity (Wildman–Crippen MR) is 121 cm³/mol. The molecule has 2 amide bonds. The van der Waals surface area contributed by atoms with Gasteiger partial charge in [-0.1, -0.05) is 11.6 Å². The lowest BCUT2D eigenvalue weighted by Crippen LogP contribution is -2.48. The summed E-state index contributed by atoms with van der Waals surface area (Å²) in [5.41, 5.74) is 6.44. The SMILES string of the molecule is BC(O)(O)NC(=O)c1coc2cc(Oc3ccnc4cc(OC)c(C(N)=O)cc34)c(Cl)cc12. The summed E-state index contributed by atoms with van der Waals surface area (Å²) in [6.07, 6.45) is 2.68. The fourth-order valence-electron chi connectivity index (χ4n) is 3.28. The van der Waals surface area contributed by atoms with E-state index in [-0.39, 0.29) is 33.2 Å². The molecule has 2 aromatic heterocycles.